The van der Waals surface area contributed by atoms with Gasteiger partial charge in [-0.2, -0.15) is 5.10 Å². The zero-order valence-corrected chi connectivity index (χ0v) is 19.6. The number of carbonyl (C=O) groups is 1. The molecule has 0 saturated carbocycles. The molecule has 28 heavy (non-hydrogen) atoms. The van der Waals surface area contributed by atoms with Gasteiger partial charge in [0, 0.05) is 4.47 Å². The smallest absolute Gasteiger partial charge is 0.277 e. The van der Waals surface area contributed by atoms with Gasteiger partial charge in [0.2, 0.25) is 0 Å². The maximum atomic E-state index is 12.1. The van der Waals surface area contributed by atoms with Crippen molar-refractivity contribution in [2.45, 2.75) is 33.6 Å². The number of nitrogens with one attached hydrogen (secondary N) is 1. The lowest BCUT2D eigenvalue weighted by Gasteiger charge is -2.18. The molecule has 148 valence electrons. The second kappa shape index (κ2) is 10.6. The molecule has 2 aromatic rings. The van der Waals surface area contributed by atoms with E-state index < -0.39 is 0 Å². The van der Waals surface area contributed by atoms with Gasteiger partial charge in [0.1, 0.15) is 5.75 Å². The summed E-state index contributed by atoms with van der Waals surface area (Å²) in [7, 11) is 0. The van der Waals surface area contributed by atoms with Gasteiger partial charge in [-0.1, -0.05) is 66.2 Å². The van der Waals surface area contributed by atoms with E-state index in [1.165, 1.54) is 0 Å². The molecule has 6 heteroatoms. The summed E-state index contributed by atoms with van der Waals surface area (Å²) in [5.74, 6) is 0.635. The van der Waals surface area contributed by atoms with Crippen molar-refractivity contribution >= 4 is 50.1 Å². The van der Waals surface area contributed by atoms with Gasteiger partial charge in [-0.3, -0.25) is 4.79 Å². The Balaban J connectivity index is 1.98. The Morgan fingerprint density at radius 2 is 1.93 bits per heavy atom. The van der Waals surface area contributed by atoms with Crippen LogP contribution >= 0.6 is 31.9 Å². The highest BCUT2D eigenvalue weighted by Crippen LogP contribution is 2.40. The first-order chi connectivity index (χ1) is 13.3. The molecule has 0 fully saturated rings. The number of allylic oxidation sites excluding steroid dienone is 1. The van der Waals surface area contributed by atoms with Gasteiger partial charge in [-0.25, -0.2) is 5.43 Å². The summed E-state index contributed by atoms with van der Waals surface area (Å²) in [6.45, 7) is 7.97. The Bertz CT molecular complexity index is 891. The van der Waals surface area contributed by atoms with Crippen LogP contribution in [-0.2, 0) is 4.79 Å². The van der Waals surface area contributed by atoms with Crippen LogP contribution in [0, 0.1) is 6.92 Å². The van der Waals surface area contributed by atoms with E-state index in [1.54, 1.807) is 6.21 Å². The third-order valence-corrected chi connectivity index (χ3v) is 5.83. The van der Waals surface area contributed by atoms with Crippen LogP contribution in [0.2, 0.25) is 0 Å². The first kappa shape index (κ1) is 22.4. The predicted molar refractivity (Wildman–Crippen MR) is 123 cm³/mol. The number of hydrogen-bond acceptors (Lipinski definition) is 3. The summed E-state index contributed by atoms with van der Waals surface area (Å²) < 4.78 is 7.67. The lowest BCUT2D eigenvalue weighted by atomic mass is 10.0. The van der Waals surface area contributed by atoms with Crippen molar-refractivity contribution in [3.05, 3.63) is 67.6 Å². The molecule has 0 heterocycles. The van der Waals surface area contributed by atoms with Gasteiger partial charge >= 0.3 is 0 Å². The van der Waals surface area contributed by atoms with Crippen LogP contribution in [0.4, 0.5) is 0 Å². The minimum atomic E-state index is -0.314. The molecular weight excluding hydrogens is 484 g/mol. The molecule has 0 aliphatic heterocycles. The molecule has 2 aromatic carbocycles. The Kier molecular flexibility index (Phi) is 8.45. The van der Waals surface area contributed by atoms with Gasteiger partial charge in [0.05, 0.1) is 10.7 Å². The summed E-state index contributed by atoms with van der Waals surface area (Å²) in [4.78, 5) is 12.1. The van der Waals surface area contributed by atoms with Crippen LogP contribution in [0.1, 0.15) is 43.4 Å². The SMILES string of the molecule is CC(C=NNC(=O)COc1c(C(C)C)cc(Br)c(C)c1Br)=Cc1ccccc1. The molecule has 0 aromatic heterocycles. The standard InChI is InChI=1S/C22H24Br2N2O2/c1-14(2)18-11-19(23)16(4)21(24)22(18)28-13-20(27)26-25-12-15(3)10-17-8-6-5-7-9-17/h5-12,14H,13H2,1-4H3,(H,26,27). The highest BCUT2D eigenvalue weighted by molar-refractivity contribution is 9.11. The number of nitrogens with zero attached hydrogens (tertiary/aromatic N) is 1. The van der Waals surface area contributed by atoms with Crippen molar-refractivity contribution in [3.63, 3.8) is 0 Å². The third-order valence-electron chi connectivity index (χ3n) is 4.05. The van der Waals surface area contributed by atoms with Crippen molar-refractivity contribution in [1.82, 2.24) is 5.43 Å². The number of hydrogen-bond donors (Lipinski definition) is 1. The van der Waals surface area contributed by atoms with Crippen molar-refractivity contribution < 1.29 is 9.53 Å². The second-order valence-electron chi connectivity index (χ2n) is 6.75. The Labute approximate surface area is 183 Å². The monoisotopic (exact) mass is 506 g/mol. The zero-order valence-electron chi connectivity index (χ0n) is 16.4. The lowest BCUT2D eigenvalue weighted by Crippen LogP contribution is -2.25. The van der Waals surface area contributed by atoms with E-state index >= 15 is 0 Å². The summed E-state index contributed by atoms with van der Waals surface area (Å²) in [5.41, 5.74) is 6.57. The predicted octanol–water partition coefficient (Wildman–Crippen LogP) is 6.23. The van der Waals surface area contributed by atoms with E-state index in [-0.39, 0.29) is 18.4 Å². The molecule has 0 aliphatic carbocycles. The molecule has 0 bridgehead atoms. The number of carbonyl (C=O) groups excluding carboxylic acids is 1. The minimum Gasteiger partial charge on any atom is -0.482 e. The van der Waals surface area contributed by atoms with Crippen LogP contribution in [0.3, 0.4) is 0 Å². The summed E-state index contributed by atoms with van der Waals surface area (Å²) in [5, 5.41) is 4.00. The number of hydrazone groups is 1. The van der Waals surface area contributed by atoms with E-state index in [4.69, 9.17) is 4.74 Å². The van der Waals surface area contributed by atoms with Crippen molar-refractivity contribution in [3.8, 4) is 5.75 Å². The van der Waals surface area contributed by atoms with E-state index in [2.05, 4.69) is 56.2 Å². The minimum absolute atomic E-state index is 0.113. The lowest BCUT2D eigenvalue weighted by molar-refractivity contribution is -0.123. The Morgan fingerprint density at radius 3 is 2.57 bits per heavy atom. The second-order valence-corrected chi connectivity index (χ2v) is 8.40. The highest BCUT2D eigenvalue weighted by Gasteiger charge is 2.17. The molecule has 0 unspecified atom stereocenters. The van der Waals surface area contributed by atoms with Gasteiger partial charge in [0.25, 0.3) is 5.91 Å². The average molecular weight is 508 g/mol. The average Bonchev–Trinajstić information content (AvgIpc) is 2.65. The van der Waals surface area contributed by atoms with Crippen LogP contribution in [0.25, 0.3) is 6.08 Å². The zero-order chi connectivity index (χ0) is 20.7. The molecule has 0 spiro atoms. The summed E-state index contributed by atoms with van der Waals surface area (Å²) in [6, 6.07) is 12.0. The Hall–Kier alpha value is -1.92. The molecule has 0 aliphatic rings. The summed E-state index contributed by atoms with van der Waals surface area (Å²) in [6.07, 6.45) is 3.60. The number of rotatable bonds is 7. The largest absolute Gasteiger partial charge is 0.482 e. The summed E-state index contributed by atoms with van der Waals surface area (Å²) >= 11 is 7.14. The van der Waals surface area contributed by atoms with Gasteiger partial charge in [-0.05, 0) is 64.0 Å². The van der Waals surface area contributed by atoms with Crippen molar-refractivity contribution in [2.24, 2.45) is 5.10 Å². The normalized spacial score (nSPS) is 11.9. The molecule has 1 amide bonds. The van der Waals surface area contributed by atoms with E-state index in [9.17, 15) is 4.79 Å². The fourth-order valence-corrected chi connectivity index (χ4v) is 3.78. The van der Waals surface area contributed by atoms with E-state index in [0.29, 0.717) is 5.75 Å². The number of amides is 1. The van der Waals surface area contributed by atoms with Crippen LogP contribution in [0.5, 0.6) is 5.75 Å². The molecule has 2 rings (SSSR count). The molecule has 0 atom stereocenters. The fraction of sp³-hybridized carbons (Fsp3) is 0.273. The number of halogens is 2. The first-order valence-corrected chi connectivity index (χ1v) is 10.5. The maximum absolute atomic E-state index is 12.1. The third kappa shape index (κ3) is 6.31. The van der Waals surface area contributed by atoms with Gasteiger partial charge in [-0.15, -0.1) is 0 Å². The molecular formula is C22H24Br2N2O2. The van der Waals surface area contributed by atoms with Crippen molar-refractivity contribution in [2.75, 3.05) is 6.61 Å². The maximum Gasteiger partial charge on any atom is 0.277 e. The van der Waals surface area contributed by atoms with Crippen LogP contribution in [-0.4, -0.2) is 18.7 Å². The first-order valence-electron chi connectivity index (χ1n) is 8.96. The van der Waals surface area contributed by atoms with Gasteiger partial charge in [0.15, 0.2) is 6.61 Å². The fourth-order valence-electron chi connectivity index (χ4n) is 2.51. The van der Waals surface area contributed by atoms with E-state index in [1.807, 2.05) is 56.3 Å². The highest BCUT2D eigenvalue weighted by atomic mass is 79.9. The van der Waals surface area contributed by atoms with E-state index in [0.717, 1.165) is 31.2 Å². The van der Waals surface area contributed by atoms with Gasteiger partial charge < -0.3 is 4.74 Å². The molecule has 4 nitrogen and oxygen atoms in total. The Morgan fingerprint density at radius 1 is 1.25 bits per heavy atom. The van der Waals surface area contributed by atoms with Crippen molar-refractivity contribution in [1.29, 1.82) is 0 Å². The molecule has 0 radical (unpaired) electrons. The van der Waals surface area contributed by atoms with Crippen LogP contribution < -0.4 is 10.2 Å². The molecule has 1 N–H and O–H groups in total. The number of ether oxygens (including phenoxy) is 1. The topological polar surface area (TPSA) is 50.7 Å². The molecule has 0 saturated heterocycles. The quantitative estimate of drug-likeness (QED) is 0.356. The number of benzene rings is 2. The van der Waals surface area contributed by atoms with Crippen LogP contribution in [0.15, 0.2) is 56.0 Å².